The van der Waals surface area contributed by atoms with E-state index in [1.807, 2.05) is 30.3 Å². The molecule has 0 aliphatic rings. The highest BCUT2D eigenvalue weighted by Crippen LogP contribution is 2.23. The number of rotatable bonds is 7. The number of halogens is 1. The average molecular weight is 353 g/mol. The molecule has 0 fully saturated rings. The van der Waals surface area contributed by atoms with E-state index in [2.05, 4.69) is 39.4 Å². The Morgan fingerprint density at radius 1 is 1.08 bits per heavy atom. The van der Waals surface area contributed by atoms with Gasteiger partial charge in [0, 0.05) is 24.2 Å². The smallest absolute Gasteiger partial charge is 0.225 e. The molecule has 3 aromatic rings. The minimum absolute atomic E-state index is 0.295. The Kier molecular flexibility index (Phi) is 5.61. The van der Waals surface area contributed by atoms with Crippen molar-refractivity contribution in [1.29, 1.82) is 0 Å². The summed E-state index contributed by atoms with van der Waals surface area (Å²) < 4.78 is 13.3. The molecule has 5 nitrogen and oxygen atoms in total. The van der Waals surface area contributed by atoms with Gasteiger partial charge in [-0.05, 0) is 44.0 Å². The Morgan fingerprint density at radius 2 is 1.88 bits per heavy atom. The molecular formula is C20H24FN5. The second-order valence-corrected chi connectivity index (χ2v) is 6.43. The first-order chi connectivity index (χ1) is 12.6. The van der Waals surface area contributed by atoms with Crippen molar-refractivity contribution < 1.29 is 4.39 Å². The van der Waals surface area contributed by atoms with Crippen molar-refractivity contribution in [2.75, 3.05) is 10.6 Å². The summed E-state index contributed by atoms with van der Waals surface area (Å²) >= 11 is 0. The first-order valence-electron chi connectivity index (χ1n) is 8.93. The second-order valence-electron chi connectivity index (χ2n) is 6.43. The maximum Gasteiger partial charge on any atom is 0.225 e. The fraction of sp³-hybridized carbons (Fsp3) is 0.350. The van der Waals surface area contributed by atoms with Gasteiger partial charge in [-0.25, -0.2) is 9.37 Å². The lowest BCUT2D eigenvalue weighted by Gasteiger charge is -2.15. The number of fused-ring (bicyclic) bond motifs is 1. The van der Waals surface area contributed by atoms with Crippen LogP contribution in [0.2, 0.25) is 0 Å². The Balaban J connectivity index is 1.83. The van der Waals surface area contributed by atoms with E-state index < -0.39 is 6.17 Å². The molecule has 2 aromatic heterocycles. The summed E-state index contributed by atoms with van der Waals surface area (Å²) in [6.07, 6.45) is 1.63. The first kappa shape index (κ1) is 18.0. The van der Waals surface area contributed by atoms with Crippen LogP contribution in [0.5, 0.6) is 0 Å². The number of alkyl halides is 1. The van der Waals surface area contributed by atoms with Gasteiger partial charge < -0.3 is 10.6 Å². The Morgan fingerprint density at radius 3 is 2.58 bits per heavy atom. The molecule has 0 saturated carbocycles. The van der Waals surface area contributed by atoms with Gasteiger partial charge in [0.2, 0.25) is 5.95 Å². The number of benzene rings is 1. The summed E-state index contributed by atoms with van der Waals surface area (Å²) in [5, 5.41) is 7.65. The standard InChI is InChI=1S/C20H24FN5/c1-4-13(2)24-20-25-18-8-6-5-7-16(18)19(26-20)23-12-15-9-10-17(14(3)21)22-11-15/h5-11,13-14H,4,12H2,1-3H3,(H2,23,24,25,26). The van der Waals surface area contributed by atoms with Crippen LogP contribution in [-0.4, -0.2) is 21.0 Å². The normalized spacial score (nSPS) is 13.4. The van der Waals surface area contributed by atoms with Gasteiger partial charge in [0.25, 0.3) is 0 Å². The van der Waals surface area contributed by atoms with Gasteiger partial charge in [-0.3, -0.25) is 4.98 Å². The largest absolute Gasteiger partial charge is 0.365 e. The summed E-state index contributed by atoms with van der Waals surface area (Å²) in [5.74, 6) is 1.38. The lowest BCUT2D eigenvalue weighted by atomic mass is 10.2. The average Bonchev–Trinajstić information content (AvgIpc) is 2.66. The number of para-hydroxylation sites is 1. The third kappa shape index (κ3) is 4.25. The molecule has 1 aromatic carbocycles. The zero-order valence-electron chi connectivity index (χ0n) is 15.3. The quantitative estimate of drug-likeness (QED) is 0.634. The summed E-state index contributed by atoms with van der Waals surface area (Å²) in [6, 6.07) is 11.8. The Hall–Kier alpha value is -2.76. The van der Waals surface area contributed by atoms with Crippen LogP contribution >= 0.6 is 0 Å². The number of hydrogen-bond donors (Lipinski definition) is 2. The summed E-state index contributed by atoms with van der Waals surface area (Å²) in [7, 11) is 0. The molecule has 2 atom stereocenters. The van der Waals surface area contributed by atoms with Crippen molar-refractivity contribution in [3.8, 4) is 0 Å². The van der Waals surface area contributed by atoms with E-state index in [1.54, 1.807) is 12.3 Å². The van der Waals surface area contributed by atoms with E-state index in [-0.39, 0.29) is 0 Å². The predicted octanol–water partition coefficient (Wildman–Crippen LogP) is 4.88. The molecule has 0 spiro atoms. The van der Waals surface area contributed by atoms with Crippen LogP contribution in [0.1, 0.15) is 44.6 Å². The molecule has 0 amide bonds. The van der Waals surface area contributed by atoms with E-state index in [4.69, 9.17) is 0 Å². The molecule has 0 bridgehead atoms. The number of anilines is 2. The van der Waals surface area contributed by atoms with Crippen molar-refractivity contribution in [1.82, 2.24) is 15.0 Å². The topological polar surface area (TPSA) is 62.7 Å². The van der Waals surface area contributed by atoms with Crippen molar-refractivity contribution >= 4 is 22.7 Å². The minimum Gasteiger partial charge on any atom is -0.365 e. The molecule has 3 rings (SSSR count). The molecule has 0 saturated heterocycles. The van der Waals surface area contributed by atoms with Crippen LogP contribution in [0.25, 0.3) is 10.9 Å². The lowest BCUT2D eigenvalue weighted by molar-refractivity contribution is 0.365. The summed E-state index contributed by atoms with van der Waals surface area (Å²) in [5.41, 5.74) is 2.30. The van der Waals surface area contributed by atoms with Gasteiger partial charge in [-0.1, -0.05) is 25.1 Å². The zero-order chi connectivity index (χ0) is 18.5. The number of pyridine rings is 1. The highest BCUT2D eigenvalue weighted by atomic mass is 19.1. The van der Waals surface area contributed by atoms with Crippen LogP contribution in [0.15, 0.2) is 42.6 Å². The number of nitrogens with zero attached hydrogens (tertiary/aromatic N) is 3. The van der Waals surface area contributed by atoms with Crippen LogP contribution in [0, 0.1) is 0 Å². The fourth-order valence-corrected chi connectivity index (χ4v) is 2.56. The number of hydrogen-bond acceptors (Lipinski definition) is 5. The molecule has 0 radical (unpaired) electrons. The number of aromatic nitrogens is 3. The maximum atomic E-state index is 13.3. The first-order valence-corrected chi connectivity index (χ1v) is 8.93. The lowest BCUT2D eigenvalue weighted by Crippen LogP contribution is -2.16. The van der Waals surface area contributed by atoms with Crippen molar-refractivity contribution in [2.24, 2.45) is 0 Å². The molecule has 26 heavy (non-hydrogen) atoms. The Labute approximate surface area is 153 Å². The molecule has 0 aliphatic carbocycles. The van der Waals surface area contributed by atoms with E-state index in [1.165, 1.54) is 6.92 Å². The van der Waals surface area contributed by atoms with E-state index in [9.17, 15) is 4.39 Å². The van der Waals surface area contributed by atoms with Crippen LogP contribution < -0.4 is 10.6 Å². The van der Waals surface area contributed by atoms with Gasteiger partial charge in [0.05, 0.1) is 11.2 Å². The van der Waals surface area contributed by atoms with Gasteiger partial charge in [0.1, 0.15) is 12.0 Å². The number of nitrogens with one attached hydrogen (secondary N) is 2. The third-order valence-corrected chi connectivity index (χ3v) is 4.31. The van der Waals surface area contributed by atoms with E-state index in [0.29, 0.717) is 24.2 Å². The summed E-state index contributed by atoms with van der Waals surface area (Å²) in [4.78, 5) is 13.4. The second kappa shape index (κ2) is 8.08. The highest BCUT2D eigenvalue weighted by Gasteiger charge is 2.10. The molecule has 0 aliphatic heterocycles. The van der Waals surface area contributed by atoms with E-state index >= 15 is 0 Å². The SMILES string of the molecule is CCC(C)Nc1nc(NCc2ccc(C(C)F)nc2)c2ccccc2n1. The molecular weight excluding hydrogens is 329 g/mol. The van der Waals surface area contributed by atoms with Crippen LogP contribution in [-0.2, 0) is 6.54 Å². The van der Waals surface area contributed by atoms with E-state index in [0.717, 1.165) is 28.7 Å². The van der Waals surface area contributed by atoms with Crippen molar-refractivity contribution in [3.63, 3.8) is 0 Å². The van der Waals surface area contributed by atoms with Crippen LogP contribution in [0.4, 0.5) is 16.2 Å². The van der Waals surface area contributed by atoms with Gasteiger partial charge in [-0.2, -0.15) is 4.98 Å². The van der Waals surface area contributed by atoms with Gasteiger partial charge >= 0.3 is 0 Å². The molecule has 2 N–H and O–H groups in total. The third-order valence-electron chi connectivity index (χ3n) is 4.31. The molecule has 2 unspecified atom stereocenters. The highest BCUT2D eigenvalue weighted by molar-refractivity contribution is 5.90. The van der Waals surface area contributed by atoms with Gasteiger partial charge in [-0.15, -0.1) is 0 Å². The van der Waals surface area contributed by atoms with Crippen LogP contribution in [0.3, 0.4) is 0 Å². The fourth-order valence-electron chi connectivity index (χ4n) is 2.56. The van der Waals surface area contributed by atoms with Crippen molar-refractivity contribution in [2.45, 2.75) is 46.0 Å². The Bertz CT molecular complexity index is 864. The monoisotopic (exact) mass is 353 g/mol. The molecule has 2 heterocycles. The van der Waals surface area contributed by atoms with Gasteiger partial charge in [0.15, 0.2) is 0 Å². The predicted molar refractivity (Wildman–Crippen MR) is 104 cm³/mol. The minimum atomic E-state index is -1.06. The zero-order valence-corrected chi connectivity index (χ0v) is 15.3. The maximum absolute atomic E-state index is 13.3. The molecule has 6 heteroatoms. The summed E-state index contributed by atoms with van der Waals surface area (Å²) in [6.45, 7) is 6.26. The molecule has 136 valence electrons. The van der Waals surface area contributed by atoms with Crippen molar-refractivity contribution in [3.05, 3.63) is 53.9 Å².